The smallest absolute Gasteiger partial charge is 0.0696 e. The summed E-state index contributed by atoms with van der Waals surface area (Å²) in [6.45, 7) is 3.90. The Bertz CT molecular complexity index is 324. The van der Waals surface area contributed by atoms with Gasteiger partial charge >= 0.3 is 0 Å². The van der Waals surface area contributed by atoms with E-state index in [0.29, 0.717) is 5.92 Å². The first kappa shape index (κ1) is 10.7. The SMILES string of the molecule is Cc1cccc(C[C@H]2CCNC[C@@H]2O)c1. The quantitative estimate of drug-likeness (QED) is 0.767. The zero-order chi connectivity index (χ0) is 10.7. The summed E-state index contributed by atoms with van der Waals surface area (Å²) in [6.07, 6.45) is 1.90. The van der Waals surface area contributed by atoms with Gasteiger partial charge in [-0.05, 0) is 37.8 Å². The molecule has 0 radical (unpaired) electrons. The molecule has 1 fully saturated rings. The number of β-amino-alcohol motifs (C(OH)–C–C–N with tert-alkyl or cyclic N) is 1. The molecule has 1 saturated heterocycles. The Morgan fingerprint density at radius 3 is 3.07 bits per heavy atom. The second-order valence-electron chi connectivity index (χ2n) is 4.51. The molecule has 1 heterocycles. The van der Waals surface area contributed by atoms with Gasteiger partial charge in [0.2, 0.25) is 0 Å². The van der Waals surface area contributed by atoms with E-state index in [2.05, 4.69) is 36.5 Å². The van der Waals surface area contributed by atoms with Gasteiger partial charge in [-0.25, -0.2) is 0 Å². The Morgan fingerprint density at radius 2 is 2.33 bits per heavy atom. The number of nitrogens with one attached hydrogen (secondary N) is 1. The van der Waals surface area contributed by atoms with Gasteiger partial charge in [-0.1, -0.05) is 29.8 Å². The van der Waals surface area contributed by atoms with Crippen LogP contribution in [0.15, 0.2) is 24.3 Å². The maximum Gasteiger partial charge on any atom is 0.0696 e. The number of aryl methyl sites for hydroxylation is 1. The molecule has 2 N–H and O–H groups in total. The van der Waals surface area contributed by atoms with Gasteiger partial charge in [0.1, 0.15) is 0 Å². The molecular weight excluding hydrogens is 186 g/mol. The van der Waals surface area contributed by atoms with Gasteiger partial charge in [0.05, 0.1) is 6.10 Å². The summed E-state index contributed by atoms with van der Waals surface area (Å²) in [5, 5.41) is 13.0. The molecule has 0 bridgehead atoms. The van der Waals surface area contributed by atoms with Gasteiger partial charge in [-0.15, -0.1) is 0 Å². The first-order chi connectivity index (χ1) is 7.25. The number of hydrogen-bond donors (Lipinski definition) is 2. The fraction of sp³-hybridized carbons (Fsp3) is 0.538. The van der Waals surface area contributed by atoms with Crippen molar-refractivity contribution in [1.82, 2.24) is 5.32 Å². The highest BCUT2D eigenvalue weighted by molar-refractivity contribution is 5.22. The molecule has 0 spiro atoms. The van der Waals surface area contributed by atoms with E-state index in [9.17, 15) is 5.11 Å². The van der Waals surface area contributed by atoms with Crippen molar-refractivity contribution in [3.63, 3.8) is 0 Å². The van der Waals surface area contributed by atoms with Crippen LogP contribution in [0.3, 0.4) is 0 Å². The van der Waals surface area contributed by atoms with Crippen LogP contribution in [-0.4, -0.2) is 24.3 Å². The highest BCUT2D eigenvalue weighted by Crippen LogP contribution is 2.19. The highest BCUT2D eigenvalue weighted by atomic mass is 16.3. The lowest BCUT2D eigenvalue weighted by atomic mass is 9.88. The van der Waals surface area contributed by atoms with Crippen LogP contribution in [0.4, 0.5) is 0 Å². The van der Waals surface area contributed by atoms with Crippen molar-refractivity contribution in [3.05, 3.63) is 35.4 Å². The average Bonchev–Trinajstić information content (AvgIpc) is 2.22. The van der Waals surface area contributed by atoms with Crippen LogP contribution >= 0.6 is 0 Å². The zero-order valence-corrected chi connectivity index (χ0v) is 9.24. The van der Waals surface area contributed by atoms with Crippen LogP contribution in [0.25, 0.3) is 0 Å². The van der Waals surface area contributed by atoms with Crippen molar-refractivity contribution >= 4 is 0 Å². The second-order valence-corrected chi connectivity index (χ2v) is 4.51. The first-order valence-electron chi connectivity index (χ1n) is 5.70. The number of aliphatic hydroxyl groups is 1. The topological polar surface area (TPSA) is 32.3 Å². The van der Waals surface area contributed by atoms with Crippen molar-refractivity contribution in [2.45, 2.75) is 25.9 Å². The molecule has 0 amide bonds. The molecule has 1 aliphatic rings. The van der Waals surface area contributed by atoms with E-state index in [1.165, 1.54) is 11.1 Å². The summed E-state index contributed by atoms with van der Waals surface area (Å²) >= 11 is 0. The average molecular weight is 205 g/mol. The van der Waals surface area contributed by atoms with E-state index in [1.54, 1.807) is 0 Å². The van der Waals surface area contributed by atoms with Gasteiger partial charge in [0, 0.05) is 6.54 Å². The Morgan fingerprint density at radius 1 is 1.47 bits per heavy atom. The molecule has 2 atom stereocenters. The molecule has 2 nitrogen and oxygen atoms in total. The number of aliphatic hydroxyl groups excluding tert-OH is 1. The maximum atomic E-state index is 9.84. The molecule has 15 heavy (non-hydrogen) atoms. The summed E-state index contributed by atoms with van der Waals surface area (Å²) in [7, 11) is 0. The van der Waals surface area contributed by atoms with Gasteiger partial charge < -0.3 is 10.4 Å². The molecule has 0 aromatic heterocycles. The normalized spacial score (nSPS) is 26.5. The van der Waals surface area contributed by atoms with Crippen molar-refractivity contribution < 1.29 is 5.11 Å². The third-order valence-corrected chi connectivity index (χ3v) is 3.17. The van der Waals surface area contributed by atoms with E-state index >= 15 is 0 Å². The largest absolute Gasteiger partial charge is 0.392 e. The van der Waals surface area contributed by atoms with Crippen LogP contribution < -0.4 is 5.32 Å². The third-order valence-electron chi connectivity index (χ3n) is 3.17. The zero-order valence-electron chi connectivity index (χ0n) is 9.24. The molecule has 1 aromatic carbocycles. The predicted molar refractivity (Wildman–Crippen MR) is 61.9 cm³/mol. The van der Waals surface area contributed by atoms with E-state index in [4.69, 9.17) is 0 Å². The van der Waals surface area contributed by atoms with E-state index in [-0.39, 0.29) is 6.10 Å². The molecular formula is C13H19NO. The van der Waals surface area contributed by atoms with Gasteiger partial charge in [-0.2, -0.15) is 0 Å². The first-order valence-corrected chi connectivity index (χ1v) is 5.70. The fourth-order valence-corrected chi connectivity index (χ4v) is 2.28. The molecule has 2 heteroatoms. The monoisotopic (exact) mass is 205 g/mol. The van der Waals surface area contributed by atoms with E-state index < -0.39 is 0 Å². The van der Waals surface area contributed by atoms with Crippen LogP contribution in [0.2, 0.25) is 0 Å². The van der Waals surface area contributed by atoms with E-state index in [1.807, 2.05) is 0 Å². The van der Waals surface area contributed by atoms with Gasteiger partial charge in [0.15, 0.2) is 0 Å². The molecule has 82 valence electrons. The van der Waals surface area contributed by atoms with Crippen molar-refractivity contribution in [2.24, 2.45) is 5.92 Å². The lowest BCUT2D eigenvalue weighted by molar-refractivity contribution is 0.0820. The van der Waals surface area contributed by atoms with Gasteiger partial charge in [0.25, 0.3) is 0 Å². The number of rotatable bonds is 2. The Kier molecular flexibility index (Phi) is 3.39. The van der Waals surface area contributed by atoms with Crippen LogP contribution in [0.5, 0.6) is 0 Å². The summed E-state index contributed by atoms with van der Waals surface area (Å²) in [4.78, 5) is 0. The standard InChI is InChI=1S/C13H19NO/c1-10-3-2-4-11(7-10)8-12-5-6-14-9-13(12)15/h2-4,7,12-15H,5-6,8-9H2,1H3/t12-,13+/m1/s1. The molecule has 2 rings (SSSR count). The van der Waals surface area contributed by atoms with Crippen LogP contribution in [0, 0.1) is 12.8 Å². The Balaban J connectivity index is 2.01. The van der Waals surface area contributed by atoms with Crippen molar-refractivity contribution in [2.75, 3.05) is 13.1 Å². The minimum atomic E-state index is -0.181. The minimum absolute atomic E-state index is 0.181. The number of hydrogen-bond acceptors (Lipinski definition) is 2. The van der Waals surface area contributed by atoms with Crippen molar-refractivity contribution in [3.8, 4) is 0 Å². The molecule has 1 aliphatic heterocycles. The molecule has 0 saturated carbocycles. The van der Waals surface area contributed by atoms with E-state index in [0.717, 1.165) is 25.9 Å². The number of piperidine rings is 1. The second kappa shape index (κ2) is 4.77. The Hall–Kier alpha value is -0.860. The van der Waals surface area contributed by atoms with Crippen LogP contribution in [-0.2, 0) is 6.42 Å². The highest BCUT2D eigenvalue weighted by Gasteiger charge is 2.22. The summed E-state index contributed by atoms with van der Waals surface area (Å²) in [5.41, 5.74) is 2.65. The third kappa shape index (κ3) is 2.80. The Labute approximate surface area is 91.3 Å². The predicted octanol–water partition coefficient (Wildman–Crippen LogP) is 1.51. The fourth-order valence-electron chi connectivity index (χ4n) is 2.28. The molecule has 0 aliphatic carbocycles. The maximum absolute atomic E-state index is 9.84. The summed E-state index contributed by atoms with van der Waals surface area (Å²) in [6, 6.07) is 8.58. The van der Waals surface area contributed by atoms with Crippen LogP contribution in [0.1, 0.15) is 17.5 Å². The van der Waals surface area contributed by atoms with Gasteiger partial charge in [-0.3, -0.25) is 0 Å². The summed E-state index contributed by atoms with van der Waals surface area (Å²) in [5.74, 6) is 0.424. The number of benzene rings is 1. The summed E-state index contributed by atoms with van der Waals surface area (Å²) < 4.78 is 0. The van der Waals surface area contributed by atoms with Crippen molar-refractivity contribution in [1.29, 1.82) is 0 Å². The molecule has 1 aromatic rings. The minimum Gasteiger partial charge on any atom is -0.392 e. The molecule has 0 unspecified atom stereocenters. The lowest BCUT2D eigenvalue weighted by Gasteiger charge is -2.28. The lowest BCUT2D eigenvalue weighted by Crippen LogP contribution is -2.41.